The monoisotopic (exact) mass is 190 g/mol. The maximum absolute atomic E-state index is 9.17. The highest BCUT2D eigenvalue weighted by Gasteiger charge is 2.05. The molecular weight excluding hydrogens is 183 g/mol. The van der Waals surface area contributed by atoms with Crippen molar-refractivity contribution in [2.24, 2.45) is 0 Å². The van der Waals surface area contributed by atoms with Gasteiger partial charge in [-0.15, -0.1) is 0 Å². The Bertz CT molecular complexity index is 258. The molecule has 0 heterocycles. The summed E-state index contributed by atoms with van der Waals surface area (Å²) in [5.74, 6) is 0. The highest BCUT2D eigenvalue weighted by molar-refractivity contribution is 6.35. The van der Waals surface area contributed by atoms with Crippen molar-refractivity contribution in [3.8, 4) is 0 Å². The average molecular weight is 191 g/mol. The second-order valence-corrected chi connectivity index (χ2v) is 3.19. The Kier molecular flexibility index (Phi) is 2.77. The molecule has 0 spiro atoms. The van der Waals surface area contributed by atoms with Crippen molar-refractivity contribution in [2.45, 2.75) is 13.0 Å². The minimum absolute atomic E-state index is 0.507. The second kappa shape index (κ2) is 3.44. The first-order valence-corrected chi connectivity index (χ1v) is 4.00. The normalized spacial score (nSPS) is 13.1. The fraction of sp³-hybridized carbons (Fsp3) is 0.250. The molecule has 1 rings (SSSR count). The van der Waals surface area contributed by atoms with Gasteiger partial charge in [-0.25, -0.2) is 0 Å². The quantitative estimate of drug-likeness (QED) is 0.723. The number of benzene rings is 1. The number of hydrogen-bond acceptors (Lipinski definition) is 1. The van der Waals surface area contributed by atoms with E-state index in [0.29, 0.717) is 15.6 Å². The Morgan fingerprint density at radius 3 is 2.45 bits per heavy atom. The smallest absolute Gasteiger partial charge is 0.0776 e. The van der Waals surface area contributed by atoms with Crippen molar-refractivity contribution < 1.29 is 5.11 Å². The Morgan fingerprint density at radius 2 is 2.00 bits per heavy atom. The highest BCUT2D eigenvalue weighted by Crippen LogP contribution is 2.25. The molecule has 1 atom stereocenters. The van der Waals surface area contributed by atoms with Crippen molar-refractivity contribution >= 4 is 23.2 Å². The molecule has 0 aromatic heterocycles. The minimum atomic E-state index is -0.542. The fourth-order valence-corrected chi connectivity index (χ4v) is 1.41. The standard InChI is InChI=1S/C8H8Cl2O/c1-5(11)7-3-2-6(9)4-8(7)10/h2-5,11H,1H3/t5-/m0/s1. The fourth-order valence-electron chi connectivity index (χ4n) is 0.840. The van der Waals surface area contributed by atoms with Crippen LogP contribution in [0.3, 0.4) is 0 Å². The topological polar surface area (TPSA) is 20.2 Å². The van der Waals surface area contributed by atoms with Crippen LogP contribution in [0.4, 0.5) is 0 Å². The molecule has 0 aliphatic carbocycles. The molecule has 0 amide bonds. The Labute approximate surface area is 75.6 Å². The zero-order valence-electron chi connectivity index (χ0n) is 6.01. The molecule has 1 N–H and O–H groups in total. The first kappa shape index (κ1) is 8.85. The lowest BCUT2D eigenvalue weighted by Gasteiger charge is -2.06. The van der Waals surface area contributed by atoms with Gasteiger partial charge in [0.25, 0.3) is 0 Å². The summed E-state index contributed by atoms with van der Waals surface area (Å²) in [5.41, 5.74) is 0.705. The van der Waals surface area contributed by atoms with Gasteiger partial charge in [-0.1, -0.05) is 29.3 Å². The van der Waals surface area contributed by atoms with Gasteiger partial charge in [0.2, 0.25) is 0 Å². The summed E-state index contributed by atoms with van der Waals surface area (Å²) >= 11 is 11.4. The second-order valence-electron chi connectivity index (χ2n) is 2.34. The van der Waals surface area contributed by atoms with E-state index in [-0.39, 0.29) is 0 Å². The Morgan fingerprint density at radius 1 is 1.36 bits per heavy atom. The van der Waals surface area contributed by atoms with Crippen molar-refractivity contribution in [1.82, 2.24) is 0 Å². The molecule has 0 bridgehead atoms. The van der Waals surface area contributed by atoms with Crippen LogP contribution in [0.1, 0.15) is 18.6 Å². The molecule has 11 heavy (non-hydrogen) atoms. The zero-order valence-corrected chi connectivity index (χ0v) is 7.52. The summed E-state index contributed by atoms with van der Waals surface area (Å²) in [6, 6.07) is 5.04. The molecule has 1 aromatic carbocycles. The molecule has 0 saturated carbocycles. The lowest BCUT2D eigenvalue weighted by atomic mass is 10.1. The molecule has 0 aliphatic rings. The van der Waals surface area contributed by atoms with Gasteiger partial charge >= 0.3 is 0 Å². The van der Waals surface area contributed by atoms with Crippen LogP contribution in [-0.4, -0.2) is 5.11 Å². The molecule has 60 valence electrons. The van der Waals surface area contributed by atoms with Gasteiger partial charge in [0.15, 0.2) is 0 Å². The molecule has 1 nitrogen and oxygen atoms in total. The number of aliphatic hydroxyl groups excluding tert-OH is 1. The van der Waals surface area contributed by atoms with Crippen molar-refractivity contribution in [3.63, 3.8) is 0 Å². The first-order valence-electron chi connectivity index (χ1n) is 3.24. The van der Waals surface area contributed by atoms with Crippen LogP contribution in [0.25, 0.3) is 0 Å². The summed E-state index contributed by atoms with van der Waals surface area (Å²) in [5, 5.41) is 10.3. The molecule has 0 saturated heterocycles. The van der Waals surface area contributed by atoms with Crippen LogP contribution in [0.15, 0.2) is 18.2 Å². The predicted octanol–water partition coefficient (Wildman–Crippen LogP) is 3.05. The van der Waals surface area contributed by atoms with E-state index in [2.05, 4.69) is 0 Å². The van der Waals surface area contributed by atoms with Crippen LogP contribution in [0.5, 0.6) is 0 Å². The summed E-state index contributed by atoms with van der Waals surface area (Å²) in [7, 11) is 0. The van der Waals surface area contributed by atoms with Crippen molar-refractivity contribution in [3.05, 3.63) is 33.8 Å². The average Bonchev–Trinajstić information content (AvgIpc) is 1.85. The third-order valence-corrected chi connectivity index (χ3v) is 1.98. The van der Waals surface area contributed by atoms with E-state index in [1.807, 2.05) is 0 Å². The molecule has 0 radical (unpaired) electrons. The maximum Gasteiger partial charge on any atom is 0.0776 e. The largest absolute Gasteiger partial charge is 0.389 e. The molecular formula is C8H8Cl2O. The SMILES string of the molecule is C[C@H](O)c1ccc(Cl)cc1Cl. The first-order chi connectivity index (χ1) is 5.11. The van der Waals surface area contributed by atoms with Crippen LogP contribution in [-0.2, 0) is 0 Å². The molecule has 3 heteroatoms. The van der Waals surface area contributed by atoms with Gasteiger partial charge < -0.3 is 5.11 Å². The molecule has 1 aromatic rings. The summed E-state index contributed by atoms with van der Waals surface area (Å²) < 4.78 is 0. The minimum Gasteiger partial charge on any atom is -0.389 e. The van der Waals surface area contributed by atoms with Crippen LogP contribution in [0.2, 0.25) is 10.0 Å². The van der Waals surface area contributed by atoms with E-state index in [4.69, 9.17) is 28.3 Å². The van der Waals surface area contributed by atoms with Gasteiger partial charge in [-0.05, 0) is 24.6 Å². The molecule has 0 aliphatic heterocycles. The number of aliphatic hydroxyl groups is 1. The Hall–Kier alpha value is -0.240. The van der Waals surface area contributed by atoms with E-state index in [1.165, 1.54) is 0 Å². The Balaban J connectivity index is 3.09. The van der Waals surface area contributed by atoms with E-state index < -0.39 is 6.10 Å². The zero-order chi connectivity index (χ0) is 8.43. The summed E-state index contributed by atoms with van der Waals surface area (Å²) in [4.78, 5) is 0. The lowest BCUT2D eigenvalue weighted by molar-refractivity contribution is 0.199. The van der Waals surface area contributed by atoms with E-state index in [1.54, 1.807) is 25.1 Å². The number of rotatable bonds is 1. The van der Waals surface area contributed by atoms with E-state index in [9.17, 15) is 0 Å². The van der Waals surface area contributed by atoms with Gasteiger partial charge in [-0.2, -0.15) is 0 Å². The van der Waals surface area contributed by atoms with Gasteiger partial charge in [-0.3, -0.25) is 0 Å². The maximum atomic E-state index is 9.17. The number of halogens is 2. The third kappa shape index (κ3) is 2.09. The van der Waals surface area contributed by atoms with Crippen molar-refractivity contribution in [1.29, 1.82) is 0 Å². The number of hydrogen-bond donors (Lipinski definition) is 1. The summed E-state index contributed by atoms with van der Waals surface area (Å²) in [6.45, 7) is 1.66. The summed E-state index contributed by atoms with van der Waals surface area (Å²) in [6.07, 6.45) is -0.542. The van der Waals surface area contributed by atoms with Crippen LogP contribution >= 0.6 is 23.2 Å². The van der Waals surface area contributed by atoms with E-state index in [0.717, 1.165) is 0 Å². The highest BCUT2D eigenvalue weighted by atomic mass is 35.5. The van der Waals surface area contributed by atoms with Gasteiger partial charge in [0.05, 0.1) is 6.10 Å². The third-order valence-electron chi connectivity index (χ3n) is 1.41. The van der Waals surface area contributed by atoms with Gasteiger partial charge in [0, 0.05) is 10.0 Å². The predicted molar refractivity (Wildman–Crippen MR) is 47.1 cm³/mol. The van der Waals surface area contributed by atoms with Gasteiger partial charge in [0.1, 0.15) is 0 Å². The van der Waals surface area contributed by atoms with Crippen LogP contribution < -0.4 is 0 Å². The van der Waals surface area contributed by atoms with E-state index >= 15 is 0 Å². The van der Waals surface area contributed by atoms with Crippen molar-refractivity contribution in [2.75, 3.05) is 0 Å². The molecule has 0 fully saturated rings. The molecule has 0 unspecified atom stereocenters. The lowest BCUT2D eigenvalue weighted by Crippen LogP contribution is -1.91. The van der Waals surface area contributed by atoms with Crippen LogP contribution in [0, 0.1) is 0 Å².